The van der Waals surface area contributed by atoms with Gasteiger partial charge in [0.05, 0.1) is 31.5 Å². The van der Waals surface area contributed by atoms with Gasteiger partial charge in [0.15, 0.2) is 17.7 Å². The Balaban J connectivity index is 1.61. The van der Waals surface area contributed by atoms with Crippen molar-refractivity contribution in [1.29, 1.82) is 0 Å². The van der Waals surface area contributed by atoms with E-state index in [4.69, 9.17) is 23.2 Å². The third-order valence-electron chi connectivity index (χ3n) is 7.56. The number of ketones is 1. The van der Waals surface area contributed by atoms with Crippen molar-refractivity contribution in [2.75, 3.05) is 12.4 Å². The van der Waals surface area contributed by atoms with Crippen LogP contribution in [0.2, 0.25) is 0 Å². The molecular formula is C26H32N2O9. The summed E-state index contributed by atoms with van der Waals surface area (Å²) in [6.45, 7) is 5.42. The molecule has 1 aliphatic heterocycles. The molecule has 1 aliphatic carbocycles. The molecule has 0 bridgehead atoms. The largest absolute Gasteiger partial charge is 0.472 e. The number of Topliss-reactive ketones (excluding diaryl/α,β-unsaturated/α-hetero) is 1. The lowest BCUT2D eigenvalue weighted by Crippen LogP contribution is -2.46. The number of methoxy groups -OCH3 is 1. The summed E-state index contributed by atoms with van der Waals surface area (Å²) in [4.78, 5) is 52.2. The summed E-state index contributed by atoms with van der Waals surface area (Å²) in [5.74, 6) is -2.17. The molecule has 0 aromatic carbocycles. The highest BCUT2D eigenvalue weighted by Crippen LogP contribution is 2.50. The molecule has 0 spiro atoms. The lowest BCUT2D eigenvalue weighted by atomic mass is 9.64. The van der Waals surface area contributed by atoms with E-state index < -0.39 is 47.5 Å². The second kappa shape index (κ2) is 10.8. The van der Waals surface area contributed by atoms with Gasteiger partial charge in [-0.15, -0.1) is 0 Å². The molecule has 1 N–H and O–H groups in total. The number of anilines is 1. The van der Waals surface area contributed by atoms with Crippen LogP contribution in [0.4, 0.5) is 10.6 Å². The van der Waals surface area contributed by atoms with Crippen molar-refractivity contribution in [3.8, 4) is 0 Å². The van der Waals surface area contributed by atoms with E-state index in [1.807, 2.05) is 13.8 Å². The van der Waals surface area contributed by atoms with E-state index in [0.717, 1.165) is 0 Å². The van der Waals surface area contributed by atoms with Crippen LogP contribution < -0.4 is 5.32 Å². The fourth-order valence-electron chi connectivity index (χ4n) is 5.44. The number of hydrogen-bond acceptors (Lipinski definition) is 10. The number of aromatic nitrogens is 1. The zero-order valence-corrected chi connectivity index (χ0v) is 21.4. The number of nitrogens with zero attached hydrogens (tertiary/aromatic N) is 1. The number of cyclic esters (lactones) is 1. The number of ether oxygens (including phenoxy) is 3. The van der Waals surface area contributed by atoms with Crippen LogP contribution in [-0.2, 0) is 28.6 Å². The minimum Gasteiger partial charge on any atom is -0.472 e. The van der Waals surface area contributed by atoms with E-state index in [-0.39, 0.29) is 30.4 Å². The van der Waals surface area contributed by atoms with E-state index in [2.05, 4.69) is 10.5 Å². The number of furan rings is 1. The van der Waals surface area contributed by atoms with Gasteiger partial charge in [0.1, 0.15) is 11.9 Å². The second-order valence-electron chi connectivity index (χ2n) is 10.3. The third-order valence-corrected chi connectivity index (χ3v) is 7.56. The number of fused-ring (bicyclic) bond motifs is 1. The van der Waals surface area contributed by atoms with Crippen molar-refractivity contribution in [1.82, 2.24) is 5.16 Å². The Kier molecular flexibility index (Phi) is 7.70. The number of aryl methyl sites for hydroxylation is 1. The summed E-state index contributed by atoms with van der Waals surface area (Å²) < 4.78 is 26.4. The fourth-order valence-corrected chi connectivity index (χ4v) is 5.44. The third kappa shape index (κ3) is 5.86. The van der Waals surface area contributed by atoms with Crippen LogP contribution in [0.1, 0.15) is 63.4 Å². The van der Waals surface area contributed by atoms with E-state index in [1.54, 1.807) is 13.0 Å². The van der Waals surface area contributed by atoms with Crippen molar-refractivity contribution in [2.24, 2.45) is 23.2 Å². The Morgan fingerprint density at radius 1 is 1.24 bits per heavy atom. The number of carbonyl (C=O) groups is 4. The molecule has 37 heavy (non-hydrogen) atoms. The highest BCUT2D eigenvalue weighted by Gasteiger charge is 2.50. The van der Waals surface area contributed by atoms with Crippen molar-refractivity contribution in [3.63, 3.8) is 0 Å². The zero-order chi connectivity index (χ0) is 26.7. The summed E-state index contributed by atoms with van der Waals surface area (Å²) in [5.41, 5.74) is -0.0419. The quantitative estimate of drug-likeness (QED) is 0.459. The average Bonchev–Trinajstić information content (AvgIpc) is 3.51. The predicted molar refractivity (Wildman–Crippen MR) is 127 cm³/mol. The molecule has 11 nitrogen and oxygen atoms in total. The molecule has 11 heteroatoms. The molecule has 2 aromatic heterocycles. The number of esters is 2. The Morgan fingerprint density at radius 3 is 2.68 bits per heavy atom. The van der Waals surface area contributed by atoms with Gasteiger partial charge in [-0.1, -0.05) is 19.0 Å². The first kappa shape index (κ1) is 26.4. The van der Waals surface area contributed by atoms with Gasteiger partial charge in [-0.25, -0.2) is 4.79 Å². The first-order valence-corrected chi connectivity index (χ1v) is 12.3. The summed E-state index contributed by atoms with van der Waals surface area (Å²) >= 11 is 0. The lowest BCUT2D eigenvalue weighted by molar-refractivity contribution is -0.175. The van der Waals surface area contributed by atoms with Gasteiger partial charge in [0, 0.05) is 24.5 Å². The summed E-state index contributed by atoms with van der Waals surface area (Å²) in [7, 11) is 1.27. The van der Waals surface area contributed by atoms with Crippen LogP contribution in [0, 0.1) is 30.1 Å². The first-order valence-electron chi connectivity index (χ1n) is 12.3. The van der Waals surface area contributed by atoms with E-state index in [0.29, 0.717) is 30.6 Å². The van der Waals surface area contributed by atoms with Gasteiger partial charge < -0.3 is 23.2 Å². The topological polar surface area (TPSA) is 147 Å². The van der Waals surface area contributed by atoms with Crippen LogP contribution >= 0.6 is 0 Å². The maximum absolute atomic E-state index is 13.7. The van der Waals surface area contributed by atoms with E-state index >= 15 is 0 Å². The van der Waals surface area contributed by atoms with Gasteiger partial charge in [0.25, 0.3) is 0 Å². The van der Waals surface area contributed by atoms with Crippen LogP contribution in [0.15, 0.2) is 33.6 Å². The minimum atomic E-state index is -1.24. The number of nitrogens with one attached hydrogen (secondary N) is 1. The standard InChI is InChI=1S/C26H32N2O9/c1-14-5-6-18-24(31)35-21(16-7-8-34-13-16)12-26(18,3)11-19(29)20(10-17(14)23(30)33-4)36-25(32)27-22-9-15(2)37-28-22/h7-9,13-14,17-18,20-21H,5-6,10-12H2,1-4H3,(H,27,28,32)/t14-,17-,18+,20+,21+,26+/m1/s1. The summed E-state index contributed by atoms with van der Waals surface area (Å²) in [6.07, 6.45) is 1.64. The maximum Gasteiger partial charge on any atom is 0.413 e. The van der Waals surface area contributed by atoms with E-state index in [9.17, 15) is 19.2 Å². The Hall–Kier alpha value is -3.63. The Labute approximate surface area is 214 Å². The average molecular weight is 517 g/mol. The molecule has 6 atom stereocenters. The Morgan fingerprint density at radius 2 is 2.03 bits per heavy atom. The van der Waals surface area contributed by atoms with Gasteiger partial charge in [-0.05, 0) is 43.6 Å². The highest BCUT2D eigenvalue weighted by molar-refractivity contribution is 5.90. The van der Waals surface area contributed by atoms with Gasteiger partial charge in [-0.3, -0.25) is 19.7 Å². The molecule has 1 amide bonds. The molecule has 2 aromatic rings. The minimum absolute atomic E-state index is 0.0334. The molecule has 1 saturated carbocycles. The zero-order valence-electron chi connectivity index (χ0n) is 21.4. The number of amides is 1. The lowest BCUT2D eigenvalue weighted by Gasteiger charge is -2.44. The molecule has 1 saturated heterocycles. The molecule has 200 valence electrons. The van der Waals surface area contributed by atoms with Crippen molar-refractivity contribution < 1.29 is 42.3 Å². The Bertz CT molecular complexity index is 1140. The predicted octanol–water partition coefficient (Wildman–Crippen LogP) is 4.37. The molecule has 3 heterocycles. The van der Waals surface area contributed by atoms with Crippen LogP contribution in [0.5, 0.6) is 0 Å². The van der Waals surface area contributed by atoms with Gasteiger partial charge in [0.2, 0.25) is 0 Å². The van der Waals surface area contributed by atoms with Gasteiger partial charge >= 0.3 is 18.0 Å². The number of rotatable bonds is 4. The molecule has 2 fully saturated rings. The maximum atomic E-state index is 13.7. The monoisotopic (exact) mass is 516 g/mol. The SMILES string of the molecule is COC(=O)[C@@H]1C[C@H](OC(=O)Nc2cc(C)on2)C(=O)C[C@@]2(C)C[C@@H](c3ccoc3)OC(=O)[C@@H]2CC[C@H]1C. The van der Waals surface area contributed by atoms with Crippen molar-refractivity contribution in [2.45, 2.75) is 65.1 Å². The molecule has 0 radical (unpaired) electrons. The second-order valence-corrected chi connectivity index (χ2v) is 10.3. The van der Waals surface area contributed by atoms with Crippen molar-refractivity contribution >= 4 is 29.6 Å². The fraction of sp³-hybridized carbons (Fsp3) is 0.577. The molecule has 4 rings (SSSR count). The van der Waals surface area contributed by atoms with Gasteiger partial charge in [-0.2, -0.15) is 0 Å². The van der Waals surface area contributed by atoms with Crippen molar-refractivity contribution in [3.05, 3.63) is 36.0 Å². The van der Waals surface area contributed by atoms with E-state index in [1.165, 1.54) is 25.7 Å². The normalized spacial score (nSPS) is 30.5. The molecule has 0 unspecified atom stereocenters. The number of carbonyl (C=O) groups excluding carboxylic acids is 4. The smallest absolute Gasteiger partial charge is 0.413 e. The summed E-state index contributed by atoms with van der Waals surface area (Å²) in [5, 5.41) is 6.14. The highest BCUT2D eigenvalue weighted by atomic mass is 16.6. The summed E-state index contributed by atoms with van der Waals surface area (Å²) in [6, 6.07) is 3.24. The van der Waals surface area contributed by atoms with Crippen LogP contribution in [-0.4, -0.2) is 42.2 Å². The molecule has 2 aliphatic rings. The van der Waals surface area contributed by atoms with Crippen LogP contribution in [0.25, 0.3) is 0 Å². The number of hydrogen-bond donors (Lipinski definition) is 1. The first-order chi connectivity index (χ1) is 17.6. The molecular weight excluding hydrogens is 484 g/mol. The van der Waals surface area contributed by atoms with Crippen LogP contribution in [0.3, 0.4) is 0 Å².